The standard InChI is InChI=1S/C18H21NO3.ClH.2H2O/c1-19-8-7-18-11-4-5-13(20)17(18)22-16-14(21-2)6-3-10(15(16)18)9-12(11)19;;;/h3-6,11-13,17,20H,7-9H2,1-2H3;1H;2*1H2/t11-,12+,13-,17-,18-;;;/m0.../s1. The van der Waals surface area contributed by atoms with Crippen LogP contribution in [0.2, 0.25) is 0 Å². The fraction of sp³-hybridized carbons (Fsp3) is 0.556. The topological polar surface area (TPSA) is 106 Å². The highest BCUT2D eigenvalue weighted by atomic mass is 35.5. The predicted octanol–water partition coefficient (Wildman–Crippen LogP) is -4.56. The summed E-state index contributed by atoms with van der Waals surface area (Å²) in [5.41, 5.74) is 2.66. The summed E-state index contributed by atoms with van der Waals surface area (Å²) in [6.07, 6.45) is 5.67. The predicted molar refractivity (Wildman–Crippen MR) is 88.8 cm³/mol. The molecule has 0 radical (unpaired) electrons. The Morgan fingerprint density at radius 2 is 2.04 bits per heavy atom. The number of quaternary nitrogens is 1. The van der Waals surface area contributed by atoms with Gasteiger partial charge in [-0.05, 0) is 11.6 Å². The number of aliphatic hydroxyl groups is 1. The third kappa shape index (κ3) is 2.18. The van der Waals surface area contributed by atoms with Gasteiger partial charge in [-0.25, -0.2) is 0 Å². The van der Waals surface area contributed by atoms with Crippen LogP contribution in [0.1, 0.15) is 17.5 Å². The Morgan fingerprint density at radius 1 is 1.28 bits per heavy atom. The Morgan fingerprint density at radius 3 is 2.76 bits per heavy atom. The summed E-state index contributed by atoms with van der Waals surface area (Å²) in [7, 11) is 3.99. The molecule has 6 nitrogen and oxygen atoms in total. The van der Waals surface area contributed by atoms with E-state index < -0.39 is 6.10 Å². The first-order chi connectivity index (χ1) is 10.7. The minimum absolute atomic E-state index is 0. The molecule has 1 aromatic carbocycles. The number of nitrogens with one attached hydrogen (secondary N) is 1. The van der Waals surface area contributed by atoms with E-state index in [0.29, 0.717) is 12.0 Å². The molecule has 25 heavy (non-hydrogen) atoms. The highest BCUT2D eigenvalue weighted by Gasteiger charge is 2.65. The number of hydrogen-bond acceptors (Lipinski definition) is 3. The Hall–Kier alpha value is -1.31. The molecule has 1 spiro atoms. The van der Waals surface area contributed by atoms with Gasteiger partial charge in [0.1, 0.15) is 12.2 Å². The minimum atomic E-state index is -0.529. The van der Waals surface area contributed by atoms with Crippen molar-refractivity contribution in [3.63, 3.8) is 0 Å². The van der Waals surface area contributed by atoms with Crippen molar-refractivity contribution in [2.24, 2.45) is 5.92 Å². The lowest BCUT2D eigenvalue weighted by atomic mass is 9.53. The molecule has 2 aliphatic carbocycles. The molecule has 2 heterocycles. The lowest BCUT2D eigenvalue weighted by molar-refractivity contribution is -0.917. The molecule has 2 bridgehead atoms. The van der Waals surface area contributed by atoms with Gasteiger partial charge in [-0.3, -0.25) is 0 Å². The fourth-order valence-corrected chi connectivity index (χ4v) is 5.53. The molecular weight excluding hydrogens is 346 g/mol. The van der Waals surface area contributed by atoms with Crippen LogP contribution >= 0.6 is 0 Å². The van der Waals surface area contributed by atoms with E-state index in [4.69, 9.17) is 9.47 Å². The maximum absolute atomic E-state index is 10.6. The molecule has 0 amide bonds. The van der Waals surface area contributed by atoms with E-state index in [-0.39, 0.29) is 34.9 Å². The van der Waals surface area contributed by atoms with Crippen LogP contribution in [0.4, 0.5) is 0 Å². The number of piperidine rings is 1. The van der Waals surface area contributed by atoms with E-state index in [0.717, 1.165) is 30.9 Å². The molecule has 2 aliphatic heterocycles. The molecule has 4 aliphatic rings. The van der Waals surface area contributed by atoms with Gasteiger partial charge in [0, 0.05) is 24.3 Å². The number of hydrogen-bond donors (Lipinski definition) is 2. The van der Waals surface area contributed by atoms with E-state index in [1.165, 1.54) is 11.1 Å². The number of halogens is 1. The van der Waals surface area contributed by atoms with Crippen molar-refractivity contribution >= 4 is 0 Å². The minimum Gasteiger partial charge on any atom is -1.00 e. The molecule has 1 fully saturated rings. The smallest absolute Gasteiger partial charge is 0.165 e. The Labute approximate surface area is 153 Å². The van der Waals surface area contributed by atoms with Crippen LogP contribution in [-0.2, 0) is 11.8 Å². The summed E-state index contributed by atoms with van der Waals surface area (Å²) >= 11 is 0. The molecular formula is C18H26ClNO5. The first kappa shape index (κ1) is 20.0. The van der Waals surface area contributed by atoms with Crippen molar-refractivity contribution in [1.29, 1.82) is 0 Å². The van der Waals surface area contributed by atoms with Crippen LogP contribution < -0.4 is 26.8 Å². The van der Waals surface area contributed by atoms with Crippen LogP contribution in [-0.4, -0.2) is 55.0 Å². The van der Waals surface area contributed by atoms with Gasteiger partial charge in [-0.15, -0.1) is 0 Å². The molecule has 7 heteroatoms. The van der Waals surface area contributed by atoms with Gasteiger partial charge in [-0.2, -0.15) is 0 Å². The number of aliphatic hydroxyl groups excluding tert-OH is 1. The zero-order valence-electron chi connectivity index (χ0n) is 14.4. The average molecular weight is 372 g/mol. The Bertz CT molecular complexity index is 696. The summed E-state index contributed by atoms with van der Waals surface area (Å²) in [5.74, 6) is 2.14. The third-order valence-corrected chi connectivity index (χ3v) is 6.51. The van der Waals surface area contributed by atoms with Crippen LogP contribution in [0.5, 0.6) is 11.5 Å². The maximum Gasteiger partial charge on any atom is 0.165 e. The van der Waals surface area contributed by atoms with E-state index >= 15 is 0 Å². The number of likely N-dealkylation sites (N-methyl/N-ethyl adjacent to an activating group) is 1. The lowest BCUT2D eigenvalue weighted by Crippen LogP contribution is -3.16. The maximum atomic E-state index is 10.6. The van der Waals surface area contributed by atoms with Gasteiger partial charge in [0.2, 0.25) is 0 Å². The first-order valence-electron chi connectivity index (χ1n) is 8.22. The summed E-state index contributed by atoms with van der Waals surface area (Å²) in [5, 5.41) is 10.6. The molecule has 0 aromatic heterocycles. The van der Waals surface area contributed by atoms with Crippen molar-refractivity contribution in [2.45, 2.75) is 36.5 Å². The SMILES string of the molecule is COc1ccc2c3c1O[C@H]1[C@@H](O)C=C[C@H]4[C@@H](C2)[NH+](C)CC[C@@]341.O.O.[Cl-]. The molecule has 6 N–H and O–H groups in total. The Balaban J connectivity index is 0.000000751. The van der Waals surface area contributed by atoms with Gasteiger partial charge in [0.15, 0.2) is 11.5 Å². The Kier molecular flexibility index (Phi) is 5.16. The van der Waals surface area contributed by atoms with Gasteiger partial charge >= 0.3 is 0 Å². The number of benzene rings is 1. The molecule has 6 atom stereocenters. The van der Waals surface area contributed by atoms with Crippen molar-refractivity contribution in [3.05, 3.63) is 35.4 Å². The van der Waals surface area contributed by atoms with E-state index in [1.807, 2.05) is 12.1 Å². The van der Waals surface area contributed by atoms with Crippen LogP contribution in [0, 0.1) is 5.92 Å². The molecule has 5 rings (SSSR count). The second kappa shape index (κ2) is 6.45. The molecule has 140 valence electrons. The summed E-state index contributed by atoms with van der Waals surface area (Å²) in [6, 6.07) is 4.81. The van der Waals surface area contributed by atoms with E-state index in [9.17, 15) is 5.11 Å². The van der Waals surface area contributed by atoms with Gasteiger partial charge in [-0.1, -0.05) is 18.2 Å². The average Bonchev–Trinajstić information content (AvgIpc) is 2.88. The van der Waals surface area contributed by atoms with Gasteiger partial charge < -0.3 is 42.8 Å². The van der Waals surface area contributed by atoms with Crippen molar-refractivity contribution in [1.82, 2.24) is 0 Å². The molecule has 1 aromatic rings. The highest BCUT2D eigenvalue weighted by molar-refractivity contribution is 5.61. The monoisotopic (exact) mass is 371 g/mol. The van der Waals surface area contributed by atoms with Crippen molar-refractivity contribution in [2.75, 3.05) is 20.7 Å². The first-order valence-corrected chi connectivity index (χ1v) is 8.22. The second-order valence-corrected chi connectivity index (χ2v) is 7.27. The number of likely N-dealkylation sites (tertiary alicyclic amines) is 1. The highest BCUT2D eigenvalue weighted by Crippen LogP contribution is 2.60. The summed E-state index contributed by atoms with van der Waals surface area (Å²) in [6.45, 7) is 1.14. The van der Waals surface area contributed by atoms with Crippen LogP contribution in [0.15, 0.2) is 24.3 Å². The molecule has 0 saturated carbocycles. The van der Waals surface area contributed by atoms with Crippen LogP contribution in [0.25, 0.3) is 0 Å². The van der Waals surface area contributed by atoms with Crippen LogP contribution in [0.3, 0.4) is 0 Å². The fourth-order valence-electron chi connectivity index (χ4n) is 5.53. The van der Waals surface area contributed by atoms with E-state index in [2.05, 4.69) is 19.2 Å². The second-order valence-electron chi connectivity index (χ2n) is 7.27. The zero-order valence-corrected chi connectivity index (χ0v) is 15.1. The third-order valence-electron chi connectivity index (χ3n) is 6.51. The van der Waals surface area contributed by atoms with Gasteiger partial charge in [0.05, 0.1) is 32.2 Å². The molecule has 1 unspecified atom stereocenters. The number of ether oxygens (including phenoxy) is 2. The number of methoxy groups -OCH3 is 1. The zero-order chi connectivity index (χ0) is 15.1. The summed E-state index contributed by atoms with van der Waals surface area (Å²) < 4.78 is 11.8. The number of rotatable bonds is 1. The normalized spacial score (nSPS) is 38.3. The van der Waals surface area contributed by atoms with Crippen molar-refractivity contribution in [3.8, 4) is 11.5 Å². The lowest BCUT2D eigenvalue weighted by Gasteiger charge is -2.54. The summed E-state index contributed by atoms with van der Waals surface area (Å²) in [4.78, 5) is 1.60. The van der Waals surface area contributed by atoms with Gasteiger partial charge in [0.25, 0.3) is 0 Å². The quantitative estimate of drug-likeness (QED) is 0.485. The molecule has 1 saturated heterocycles. The van der Waals surface area contributed by atoms with Crippen molar-refractivity contribution < 1.29 is 42.8 Å². The van der Waals surface area contributed by atoms with E-state index in [1.54, 1.807) is 12.0 Å². The largest absolute Gasteiger partial charge is 1.00 e.